The van der Waals surface area contributed by atoms with Crippen LogP contribution in [0.3, 0.4) is 0 Å². The number of aliphatic carboxylic acids is 1. The summed E-state index contributed by atoms with van der Waals surface area (Å²) in [5.74, 6) is -0.752. The van der Waals surface area contributed by atoms with Gasteiger partial charge < -0.3 is 16.2 Å². The second-order valence-corrected chi connectivity index (χ2v) is 5.57. The Morgan fingerprint density at radius 2 is 2.31 bits per heavy atom. The van der Waals surface area contributed by atoms with Crippen LogP contribution in [0.2, 0.25) is 0 Å². The highest BCUT2D eigenvalue weighted by molar-refractivity contribution is 8.00. The molecule has 5 heteroatoms. The summed E-state index contributed by atoms with van der Waals surface area (Å²) in [6.07, 6.45) is 0.180. The number of nitrogen functional groups attached to an aromatic ring is 1. The molecule has 0 aliphatic carbocycles. The molecule has 1 heterocycles. The Morgan fingerprint density at radius 1 is 1.56 bits per heavy atom. The van der Waals surface area contributed by atoms with Gasteiger partial charge in [0.1, 0.15) is 0 Å². The molecule has 2 rings (SSSR count). The van der Waals surface area contributed by atoms with E-state index in [2.05, 4.69) is 5.32 Å². The van der Waals surface area contributed by atoms with E-state index in [9.17, 15) is 4.79 Å². The van der Waals surface area contributed by atoms with E-state index in [0.717, 1.165) is 18.0 Å². The van der Waals surface area contributed by atoms with E-state index in [1.807, 2.05) is 24.3 Å². The molecule has 1 saturated heterocycles. The van der Waals surface area contributed by atoms with Gasteiger partial charge in [-0.25, -0.2) is 0 Å². The summed E-state index contributed by atoms with van der Waals surface area (Å²) in [6.45, 7) is 1.47. The first-order valence-electron chi connectivity index (χ1n) is 5.07. The molecule has 4 nitrogen and oxygen atoms in total. The zero-order chi connectivity index (χ0) is 11.6. The molecule has 16 heavy (non-hydrogen) atoms. The molecular formula is C11H14N2O2S. The van der Waals surface area contributed by atoms with E-state index in [4.69, 9.17) is 10.8 Å². The SMILES string of the molecule is Nc1cccc(SC2(CC(=O)O)CNC2)c1. The number of thioether (sulfide) groups is 1. The van der Waals surface area contributed by atoms with Crippen molar-refractivity contribution >= 4 is 23.4 Å². The van der Waals surface area contributed by atoms with Crippen molar-refractivity contribution in [2.45, 2.75) is 16.1 Å². The molecule has 1 aliphatic heterocycles. The first-order chi connectivity index (χ1) is 7.60. The summed E-state index contributed by atoms with van der Waals surface area (Å²) in [5, 5.41) is 12.0. The van der Waals surface area contributed by atoms with Crippen LogP contribution >= 0.6 is 11.8 Å². The van der Waals surface area contributed by atoms with E-state index in [1.54, 1.807) is 11.8 Å². The van der Waals surface area contributed by atoms with Crippen molar-refractivity contribution < 1.29 is 9.90 Å². The monoisotopic (exact) mass is 238 g/mol. The van der Waals surface area contributed by atoms with Crippen LogP contribution in [-0.2, 0) is 4.79 Å². The summed E-state index contributed by atoms with van der Waals surface area (Å²) < 4.78 is -0.209. The third kappa shape index (κ3) is 2.48. The van der Waals surface area contributed by atoms with Gasteiger partial charge >= 0.3 is 5.97 Å². The highest BCUT2D eigenvalue weighted by Crippen LogP contribution is 2.39. The summed E-state index contributed by atoms with van der Waals surface area (Å²) in [5.41, 5.74) is 6.40. The van der Waals surface area contributed by atoms with E-state index < -0.39 is 5.97 Å². The van der Waals surface area contributed by atoms with Gasteiger partial charge in [0, 0.05) is 23.7 Å². The number of benzene rings is 1. The number of rotatable bonds is 4. The molecule has 1 aromatic carbocycles. The van der Waals surface area contributed by atoms with Crippen molar-refractivity contribution in [1.29, 1.82) is 0 Å². The lowest BCUT2D eigenvalue weighted by Gasteiger charge is -2.40. The predicted octanol–water partition coefficient (Wildman–Crippen LogP) is 1.18. The third-order valence-corrected chi connectivity index (χ3v) is 3.92. The highest BCUT2D eigenvalue weighted by atomic mass is 32.2. The summed E-state index contributed by atoms with van der Waals surface area (Å²) in [4.78, 5) is 11.8. The standard InChI is InChI=1S/C11H14N2O2S/c12-8-2-1-3-9(4-8)16-11(5-10(14)15)6-13-7-11/h1-4,13H,5-7,12H2,(H,14,15). The molecule has 0 unspecified atom stereocenters. The van der Waals surface area contributed by atoms with E-state index >= 15 is 0 Å². The average Bonchev–Trinajstić information content (AvgIpc) is 2.13. The predicted molar refractivity (Wildman–Crippen MR) is 64.6 cm³/mol. The maximum absolute atomic E-state index is 10.8. The van der Waals surface area contributed by atoms with Crippen LogP contribution in [0.25, 0.3) is 0 Å². The van der Waals surface area contributed by atoms with Crippen molar-refractivity contribution in [3.63, 3.8) is 0 Å². The zero-order valence-electron chi connectivity index (χ0n) is 8.77. The van der Waals surface area contributed by atoms with Crippen LogP contribution in [0.4, 0.5) is 5.69 Å². The fourth-order valence-electron chi connectivity index (χ4n) is 1.74. The molecule has 1 aliphatic rings. The normalized spacial score (nSPS) is 17.8. The topological polar surface area (TPSA) is 75.4 Å². The highest BCUT2D eigenvalue weighted by Gasteiger charge is 2.40. The minimum Gasteiger partial charge on any atom is -0.481 e. The Bertz CT molecular complexity index is 405. The lowest BCUT2D eigenvalue weighted by molar-refractivity contribution is -0.138. The van der Waals surface area contributed by atoms with Gasteiger partial charge in [-0.3, -0.25) is 4.79 Å². The number of anilines is 1. The summed E-state index contributed by atoms with van der Waals surface area (Å²) in [7, 11) is 0. The Hall–Kier alpha value is -1.20. The number of carbonyl (C=O) groups is 1. The quantitative estimate of drug-likeness (QED) is 0.687. The molecule has 0 bridgehead atoms. The van der Waals surface area contributed by atoms with Gasteiger partial charge in [0.05, 0.1) is 11.2 Å². The molecule has 0 atom stereocenters. The number of hydrogen-bond acceptors (Lipinski definition) is 4. The molecule has 4 N–H and O–H groups in total. The molecule has 0 saturated carbocycles. The molecule has 0 spiro atoms. The van der Waals surface area contributed by atoms with Crippen LogP contribution in [0.1, 0.15) is 6.42 Å². The zero-order valence-corrected chi connectivity index (χ0v) is 9.59. The van der Waals surface area contributed by atoms with Crippen LogP contribution in [0, 0.1) is 0 Å². The first-order valence-corrected chi connectivity index (χ1v) is 5.88. The second-order valence-electron chi connectivity index (χ2n) is 4.03. The van der Waals surface area contributed by atoms with Crippen LogP contribution < -0.4 is 11.1 Å². The minimum atomic E-state index is -0.752. The van der Waals surface area contributed by atoms with Crippen molar-refractivity contribution in [2.75, 3.05) is 18.8 Å². The molecular weight excluding hydrogens is 224 g/mol. The van der Waals surface area contributed by atoms with Gasteiger partial charge in [0.2, 0.25) is 0 Å². The van der Waals surface area contributed by atoms with E-state index in [1.165, 1.54) is 0 Å². The molecule has 1 aromatic rings. The Balaban J connectivity index is 2.09. The number of carboxylic acids is 1. The van der Waals surface area contributed by atoms with Gasteiger partial charge in [-0.1, -0.05) is 6.07 Å². The van der Waals surface area contributed by atoms with Gasteiger partial charge in [0.15, 0.2) is 0 Å². The van der Waals surface area contributed by atoms with Crippen LogP contribution in [-0.4, -0.2) is 28.9 Å². The lowest BCUT2D eigenvalue weighted by atomic mass is 9.98. The minimum absolute atomic E-state index is 0.180. The smallest absolute Gasteiger partial charge is 0.304 e. The molecule has 0 radical (unpaired) electrons. The molecule has 86 valence electrons. The maximum Gasteiger partial charge on any atom is 0.304 e. The van der Waals surface area contributed by atoms with Crippen molar-refractivity contribution in [3.05, 3.63) is 24.3 Å². The largest absolute Gasteiger partial charge is 0.481 e. The fourth-order valence-corrected chi connectivity index (χ4v) is 3.13. The average molecular weight is 238 g/mol. The van der Waals surface area contributed by atoms with Crippen LogP contribution in [0.5, 0.6) is 0 Å². The summed E-state index contributed by atoms with van der Waals surface area (Å²) in [6, 6.07) is 7.56. The number of hydrogen-bond donors (Lipinski definition) is 3. The van der Waals surface area contributed by atoms with Gasteiger partial charge in [-0.2, -0.15) is 0 Å². The van der Waals surface area contributed by atoms with Crippen molar-refractivity contribution in [3.8, 4) is 0 Å². The van der Waals surface area contributed by atoms with E-state index in [-0.39, 0.29) is 11.2 Å². The lowest BCUT2D eigenvalue weighted by Crippen LogP contribution is -2.57. The number of carboxylic acid groups (broad SMARTS) is 1. The van der Waals surface area contributed by atoms with E-state index in [0.29, 0.717) is 5.69 Å². The maximum atomic E-state index is 10.8. The molecule has 0 aromatic heterocycles. The van der Waals surface area contributed by atoms with Gasteiger partial charge in [-0.05, 0) is 18.2 Å². The van der Waals surface area contributed by atoms with Crippen molar-refractivity contribution in [1.82, 2.24) is 5.32 Å². The Kier molecular flexibility index (Phi) is 3.07. The Morgan fingerprint density at radius 3 is 2.81 bits per heavy atom. The second kappa shape index (κ2) is 4.35. The molecule has 1 fully saturated rings. The number of nitrogens with one attached hydrogen (secondary N) is 1. The molecule has 0 amide bonds. The first kappa shape index (κ1) is 11.3. The Labute approximate surface area is 98.2 Å². The fraction of sp³-hybridized carbons (Fsp3) is 0.364. The van der Waals surface area contributed by atoms with Crippen molar-refractivity contribution in [2.24, 2.45) is 0 Å². The van der Waals surface area contributed by atoms with Crippen LogP contribution in [0.15, 0.2) is 29.2 Å². The third-order valence-electron chi connectivity index (χ3n) is 2.56. The summed E-state index contributed by atoms with van der Waals surface area (Å²) >= 11 is 1.60. The van der Waals surface area contributed by atoms with Gasteiger partial charge in [0.25, 0.3) is 0 Å². The number of nitrogens with two attached hydrogens (primary N) is 1. The van der Waals surface area contributed by atoms with Gasteiger partial charge in [-0.15, -0.1) is 11.8 Å².